The minimum atomic E-state index is -4.52. The summed E-state index contributed by atoms with van der Waals surface area (Å²) in [5.74, 6) is 0.729. The molecule has 0 radical (unpaired) electrons. The van der Waals surface area contributed by atoms with E-state index in [4.69, 9.17) is 9.47 Å². The van der Waals surface area contributed by atoms with Crippen molar-refractivity contribution < 1.29 is 27.4 Å². The number of alkyl halides is 3. The van der Waals surface area contributed by atoms with Gasteiger partial charge in [0.05, 0.1) is 12.7 Å². The van der Waals surface area contributed by atoms with E-state index < -0.39 is 12.8 Å². The predicted molar refractivity (Wildman–Crippen MR) is 167 cm³/mol. The SMILES string of the molecule is COc1nc(C2CC2)nc(OCC(F)(F)F)c1CN1CC2CN(C(=O)N(C)C)CCN2C(C(c2ccccc2)c2ccccc2)C1. The summed E-state index contributed by atoms with van der Waals surface area (Å²) in [6.45, 7) is 1.86. The summed E-state index contributed by atoms with van der Waals surface area (Å²) < 4.78 is 51.0. The first-order valence-electron chi connectivity index (χ1n) is 15.8. The van der Waals surface area contributed by atoms with Crippen LogP contribution in [0.4, 0.5) is 18.0 Å². The van der Waals surface area contributed by atoms with Crippen LogP contribution in [0.3, 0.4) is 0 Å². The summed E-state index contributed by atoms with van der Waals surface area (Å²) >= 11 is 0. The summed E-state index contributed by atoms with van der Waals surface area (Å²) in [6, 6.07) is 20.8. The van der Waals surface area contributed by atoms with Crippen molar-refractivity contribution in [2.75, 3.05) is 60.5 Å². The summed E-state index contributed by atoms with van der Waals surface area (Å²) in [5.41, 5.74) is 2.75. The molecule has 0 N–H and O–H groups in total. The van der Waals surface area contributed by atoms with E-state index in [9.17, 15) is 18.0 Å². The Balaban J connectivity index is 1.38. The van der Waals surface area contributed by atoms with Gasteiger partial charge in [0.1, 0.15) is 5.82 Å². The van der Waals surface area contributed by atoms with Crippen LogP contribution in [-0.2, 0) is 6.54 Å². The Bertz CT molecular complexity index is 1450. The molecule has 46 heavy (non-hydrogen) atoms. The van der Waals surface area contributed by atoms with Crippen molar-refractivity contribution in [3.63, 3.8) is 0 Å². The standard InChI is InChI=1S/C34H41F3N6O3/c1-40(2)33(44)42-16-17-43-26(19-42)18-41(21-28(43)29(23-10-6-4-7-11-23)24-12-8-5-9-13-24)20-27-31(45-3)38-30(25-14-15-25)39-32(27)46-22-34(35,36)37/h4-13,25-26,28-29H,14-22H2,1-3H3. The zero-order valence-electron chi connectivity index (χ0n) is 26.5. The van der Waals surface area contributed by atoms with Gasteiger partial charge in [-0.15, -0.1) is 0 Å². The molecule has 2 saturated heterocycles. The van der Waals surface area contributed by atoms with Gasteiger partial charge in [-0.2, -0.15) is 23.1 Å². The molecule has 9 nitrogen and oxygen atoms in total. The lowest BCUT2D eigenvalue weighted by molar-refractivity contribution is -0.154. The number of ether oxygens (including phenoxy) is 2. The van der Waals surface area contributed by atoms with Crippen LogP contribution < -0.4 is 9.47 Å². The monoisotopic (exact) mass is 638 g/mol. The Morgan fingerprint density at radius 2 is 1.57 bits per heavy atom. The van der Waals surface area contributed by atoms with E-state index >= 15 is 0 Å². The number of hydrogen-bond acceptors (Lipinski definition) is 7. The highest BCUT2D eigenvalue weighted by Crippen LogP contribution is 2.42. The molecule has 1 aromatic heterocycles. The van der Waals surface area contributed by atoms with Crippen LogP contribution in [0.15, 0.2) is 60.7 Å². The third kappa shape index (κ3) is 7.23. The minimum Gasteiger partial charge on any atom is -0.481 e. The first kappa shape index (κ1) is 32.1. The van der Waals surface area contributed by atoms with Crippen molar-refractivity contribution in [3.8, 4) is 11.8 Å². The number of fused-ring (bicyclic) bond motifs is 1. The summed E-state index contributed by atoms with van der Waals surface area (Å²) in [4.78, 5) is 30.4. The molecule has 2 atom stereocenters. The molecule has 0 bridgehead atoms. The number of urea groups is 1. The van der Waals surface area contributed by atoms with E-state index in [1.165, 1.54) is 18.2 Å². The first-order chi connectivity index (χ1) is 22.1. The van der Waals surface area contributed by atoms with Crippen molar-refractivity contribution in [2.24, 2.45) is 0 Å². The van der Waals surface area contributed by atoms with Crippen LogP contribution in [0, 0.1) is 0 Å². The van der Waals surface area contributed by atoms with Gasteiger partial charge in [0.15, 0.2) is 6.61 Å². The number of carbonyl (C=O) groups excluding carboxylic acids is 1. The number of methoxy groups -OCH3 is 1. The average molecular weight is 639 g/mol. The van der Waals surface area contributed by atoms with Gasteiger partial charge in [0, 0.05) is 77.3 Å². The highest BCUT2D eigenvalue weighted by molar-refractivity contribution is 5.74. The number of amides is 2. The molecular formula is C34H41F3N6O3. The van der Waals surface area contributed by atoms with Crippen LogP contribution in [0.25, 0.3) is 0 Å². The molecule has 2 aromatic carbocycles. The van der Waals surface area contributed by atoms with E-state index in [1.807, 2.05) is 41.3 Å². The van der Waals surface area contributed by atoms with E-state index in [0.29, 0.717) is 44.1 Å². The van der Waals surface area contributed by atoms with Crippen LogP contribution in [0.1, 0.15) is 47.2 Å². The number of piperazine rings is 2. The van der Waals surface area contributed by atoms with Crippen molar-refractivity contribution >= 4 is 6.03 Å². The second-order valence-electron chi connectivity index (χ2n) is 12.6. The normalized spacial score (nSPS) is 20.8. The maximum Gasteiger partial charge on any atom is 0.422 e. The fraction of sp³-hybridized carbons (Fsp3) is 0.500. The van der Waals surface area contributed by atoms with Crippen LogP contribution in [0.2, 0.25) is 0 Å². The first-order valence-corrected chi connectivity index (χ1v) is 15.8. The molecular weight excluding hydrogens is 597 g/mol. The molecule has 3 aliphatic rings. The largest absolute Gasteiger partial charge is 0.481 e. The lowest BCUT2D eigenvalue weighted by atomic mass is 9.81. The number of hydrogen-bond donors (Lipinski definition) is 0. The van der Waals surface area contributed by atoms with Gasteiger partial charge in [0.2, 0.25) is 11.8 Å². The Morgan fingerprint density at radius 3 is 2.13 bits per heavy atom. The molecule has 2 amide bonds. The maximum atomic E-state index is 13.3. The molecule has 246 valence electrons. The molecule has 2 unspecified atom stereocenters. The lowest BCUT2D eigenvalue weighted by Gasteiger charge is -2.53. The zero-order chi connectivity index (χ0) is 32.4. The fourth-order valence-electron chi connectivity index (χ4n) is 6.83. The number of benzene rings is 2. The number of nitrogens with zero attached hydrogens (tertiary/aromatic N) is 6. The summed E-state index contributed by atoms with van der Waals surface area (Å²) in [5, 5.41) is 0. The van der Waals surface area contributed by atoms with Crippen molar-refractivity contribution in [1.29, 1.82) is 0 Å². The highest BCUT2D eigenvalue weighted by Gasteiger charge is 2.44. The lowest BCUT2D eigenvalue weighted by Crippen LogP contribution is -2.67. The minimum absolute atomic E-state index is 0.0106. The topological polar surface area (TPSA) is 74.3 Å². The molecule has 3 aromatic rings. The van der Waals surface area contributed by atoms with Crippen molar-refractivity contribution in [1.82, 2.24) is 29.6 Å². The van der Waals surface area contributed by atoms with E-state index in [2.05, 4.69) is 44.0 Å². The molecule has 2 aliphatic heterocycles. The van der Waals surface area contributed by atoms with Gasteiger partial charge in [0.25, 0.3) is 0 Å². The van der Waals surface area contributed by atoms with E-state index in [1.54, 1.807) is 19.0 Å². The zero-order valence-corrected chi connectivity index (χ0v) is 26.5. The predicted octanol–water partition coefficient (Wildman–Crippen LogP) is 4.99. The van der Waals surface area contributed by atoms with E-state index in [-0.39, 0.29) is 48.3 Å². The third-order valence-corrected chi connectivity index (χ3v) is 9.06. The van der Waals surface area contributed by atoms with Crippen LogP contribution in [-0.4, -0.2) is 114 Å². The van der Waals surface area contributed by atoms with Gasteiger partial charge in [-0.25, -0.2) is 4.79 Å². The van der Waals surface area contributed by atoms with Gasteiger partial charge in [-0.05, 0) is 24.0 Å². The van der Waals surface area contributed by atoms with Crippen molar-refractivity contribution in [2.45, 2.75) is 49.5 Å². The Hall–Kier alpha value is -3.90. The molecule has 6 rings (SSSR count). The van der Waals surface area contributed by atoms with Gasteiger partial charge < -0.3 is 19.3 Å². The smallest absolute Gasteiger partial charge is 0.422 e. The molecule has 1 saturated carbocycles. The molecule has 12 heteroatoms. The second kappa shape index (κ2) is 13.4. The van der Waals surface area contributed by atoms with Crippen LogP contribution in [0.5, 0.6) is 11.8 Å². The Kier molecular flexibility index (Phi) is 9.37. The average Bonchev–Trinajstić information content (AvgIpc) is 3.90. The highest BCUT2D eigenvalue weighted by atomic mass is 19.4. The number of halogens is 3. The maximum absolute atomic E-state index is 13.3. The van der Waals surface area contributed by atoms with Crippen LogP contribution >= 0.6 is 0 Å². The molecule has 0 spiro atoms. The molecule has 3 heterocycles. The van der Waals surface area contributed by atoms with Gasteiger partial charge >= 0.3 is 12.2 Å². The second-order valence-corrected chi connectivity index (χ2v) is 12.6. The summed E-state index contributed by atoms with van der Waals surface area (Å²) in [6.07, 6.45) is -2.75. The number of carbonyl (C=O) groups is 1. The quantitative estimate of drug-likeness (QED) is 0.327. The fourth-order valence-corrected chi connectivity index (χ4v) is 6.83. The molecule has 1 aliphatic carbocycles. The van der Waals surface area contributed by atoms with Gasteiger partial charge in [-0.1, -0.05) is 60.7 Å². The third-order valence-electron chi connectivity index (χ3n) is 9.06. The van der Waals surface area contributed by atoms with E-state index in [0.717, 1.165) is 12.8 Å². The summed E-state index contributed by atoms with van der Waals surface area (Å²) in [7, 11) is 4.99. The Labute approximate surface area is 267 Å². The molecule has 3 fully saturated rings. The van der Waals surface area contributed by atoms with Crippen molar-refractivity contribution in [3.05, 3.63) is 83.2 Å². The number of aromatic nitrogens is 2. The number of rotatable bonds is 9. The van der Waals surface area contributed by atoms with Gasteiger partial charge in [-0.3, -0.25) is 9.80 Å². The Morgan fingerprint density at radius 1 is 0.935 bits per heavy atom.